The van der Waals surface area contributed by atoms with E-state index in [0.717, 1.165) is 30.3 Å². The number of rotatable bonds is 5. The van der Waals surface area contributed by atoms with Gasteiger partial charge in [0.15, 0.2) is 0 Å². The van der Waals surface area contributed by atoms with Crippen LogP contribution in [0.3, 0.4) is 0 Å². The zero-order valence-electron chi connectivity index (χ0n) is 16.1. The largest absolute Gasteiger partial charge is 0.497 e. The third kappa shape index (κ3) is 3.87. The second-order valence-electron chi connectivity index (χ2n) is 6.94. The van der Waals surface area contributed by atoms with Gasteiger partial charge in [-0.05, 0) is 43.5 Å². The van der Waals surface area contributed by atoms with Gasteiger partial charge in [0.25, 0.3) is 5.56 Å². The molecular weight excluding hydrogens is 360 g/mol. The molecule has 4 N–H and O–H groups in total. The highest BCUT2D eigenvalue weighted by molar-refractivity contribution is 6.02. The quantitative estimate of drug-likeness (QED) is 0.675. The van der Waals surface area contributed by atoms with E-state index in [1.54, 1.807) is 24.3 Å². The summed E-state index contributed by atoms with van der Waals surface area (Å²) in [6.07, 6.45) is 4.27. The molecule has 2 atom stereocenters. The fourth-order valence-corrected chi connectivity index (χ4v) is 3.59. The number of aromatic nitrogens is 2. The van der Waals surface area contributed by atoms with Crippen LogP contribution < -0.4 is 21.7 Å². The molecule has 0 radical (unpaired) electrons. The fraction of sp³-hybridized carbons (Fsp3) is 0.450. The number of nitrogens with zero attached hydrogens (tertiary/aromatic N) is 2. The number of nitrogens with two attached hydrogens (primary N) is 1. The zero-order chi connectivity index (χ0) is 20.3. The third-order valence-corrected chi connectivity index (χ3v) is 5.14. The Labute approximate surface area is 162 Å². The number of benzene rings is 1. The summed E-state index contributed by atoms with van der Waals surface area (Å²) in [5, 5.41) is 10.8. The van der Waals surface area contributed by atoms with E-state index in [0.29, 0.717) is 23.6 Å². The van der Waals surface area contributed by atoms with Crippen molar-refractivity contribution in [2.24, 2.45) is 10.7 Å². The molecule has 0 spiro atoms. The van der Waals surface area contributed by atoms with Crippen molar-refractivity contribution in [2.45, 2.75) is 51.1 Å². The van der Waals surface area contributed by atoms with Gasteiger partial charge in [-0.3, -0.25) is 14.8 Å². The minimum Gasteiger partial charge on any atom is -0.497 e. The summed E-state index contributed by atoms with van der Waals surface area (Å²) >= 11 is 0. The summed E-state index contributed by atoms with van der Waals surface area (Å²) in [4.78, 5) is 31.9. The SMILES string of the molecule is CCC(=NC1CCCCC1N)c1c(O)n(-c2ccc(OC)cc2)c(=O)[nH]c1=O. The first-order chi connectivity index (χ1) is 13.5. The Bertz CT molecular complexity index is 975. The lowest BCUT2D eigenvalue weighted by Gasteiger charge is -2.26. The van der Waals surface area contributed by atoms with Crippen molar-refractivity contribution in [2.75, 3.05) is 7.11 Å². The second-order valence-corrected chi connectivity index (χ2v) is 6.94. The lowest BCUT2D eigenvalue weighted by molar-refractivity contribution is 0.386. The molecule has 1 aliphatic carbocycles. The van der Waals surface area contributed by atoms with E-state index in [9.17, 15) is 14.7 Å². The van der Waals surface area contributed by atoms with Crippen LogP contribution in [0.2, 0.25) is 0 Å². The Kier molecular flexibility index (Phi) is 5.99. The highest BCUT2D eigenvalue weighted by atomic mass is 16.5. The number of aromatic amines is 1. The van der Waals surface area contributed by atoms with Gasteiger partial charge in [0, 0.05) is 6.04 Å². The lowest BCUT2D eigenvalue weighted by Crippen LogP contribution is -2.38. The number of nitrogens with one attached hydrogen (secondary N) is 1. The maximum absolute atomic E-state index is 12.5. The molecule has 2 aromatic rings. The first-order valence-corrected chi connectivity index (χ1v) is 9.51. The monoisotopic (exact) mass is 386 g/mol. The van der Waals surface area contributed by atoms with Gasteiger partial charge in [0.2, 0.25) is 5.88 Å². The molecule has 1 fully saturated rings. The van der Waals surface area contributed by atoms with E-state index >= 15 is 0 Å². The second kappa shape index (κ2) is 8.43. The molecule has 3 rings (SSSR count). The summed E-state index contributed by atoms with van der Waals surface area (Å²) in [7, 11) is 1.54. The molecule has 1 aromatic heterocycles. The van der Waals surface area contributed by atoms with E-state index in [1.165, 1.54) is 7.11 Å². The van der Waals surface area contributed by atoms with Gasteiger partial charge in [-0.2, -0.15) is 0 Å². The number of aliphatic imine (C=N–C) groups is 1. The number of hydrogen-bond acceptors (Lipinski definition) is 6. The molecule has 8 heteroatoms. The van der Waals surface area contributed by atoms with E-state index in [4.69, 9.17) is 15.5 Å². The van der Waals surface area contributed by atoms with Crippen molar-refractivity contribution < 1.29 is 9.84 Å². The van der Waals surface area contributed by atoms with Crippen molar-refractivity contribution in [3.63, 3.8) is 0 Å². The van der Waals surface area contributed by atoms with Gasteiger partial charge in [-0.15, -0.1) is 0 Å². The molecule has 0 bridgehead atoms. The number of aromatic hydroxyl groups is 1. The number of H-pyrrole nitrogens is 1. The molecule has 1 saturated carbocycles. The van der Waals surface area contributed by atoms with Crippen LogP contribution in [0.5, 0.6) is 11.6 Å². The molecule has 0 aliphatic heterocycles. The predicted molar refractivity (Wildman–Crippen MR) is 108 cm³/mol. The Hall–Kier alpha value is -2.87. The number of hydrogen-bond donors (Lipinski definition) is 3. The van der Waals surface area contributed by atoms with Crippen LogP contribution in [0, 0.1) is 0 Å². The molecule has 1 aliphatic rings. The summed E-state index contributed by atoms with van der Waals surface area (Å²) in [6, 6.07) is 6.43. The minimum atomic E-state index is -0.721. The molecule has 0 amide bonds. The molecule has 28 heavy (non-hydrogen) atoms. The van der Waals surface area contributed by atoms with Gasteiger partial charge in [0.05, 0.1) is 24.6 Å². The average molecular weight is 386 g/mol. The molecule has 1 heterocycles. The maximum atomic E-state index is 12.5. The Morgan fingerprint density at radius 1 is 1.29 bits per heavy atom. The molecule has 1 aromatic carbocycles. The van der Waals surface area contributed by atoms with Gasteiger partial charge in [-0.1, -0.05) is 19.8 Å². The van der Waals surface area contributed by atoms with Crippen molar-refractivity contribution in [1.29, 1.82) is 0 Å². The molecular formula is C20H26N4O4. The van der Waals surface area contributed by atoms with Gasteiger partial charge in [-0.25, -0.2) is 9.36 Å². The van der Waals surface area contributed by atoms with Gasteiger partial charge >= 0.3 is 5.69 Å². The Morgan fingerprint density at radius 3 is 2.57 bits per heavy atom. The Morgan fingerprint density at radius 2 is 1.96 bits per heavy atom. The minimum absolute atomic E-state index is 0.00990. The summed E-state index contributed by atoms with van der Waals surface area (Å²) < 4.78 is 6.18. The first-order valence-electron chi connectivity index (χ1n) is 9.51. The predicted octanol–water partition coefficient (Wildman–Crippen LogP) is 1.71. The van der Waals surface area contributed by atoms with E-state index in [-0.39, 0.29) is 17.6 Å². The smallest absolute Gasteiger partial charge is 0.335 e. The fourth-order valence-electron chi connectivity index (χ4n) is 3.59. The average Bonchev–Trinajstić information content (AvgIpc) is 2.68. The van der Waals surface area contributed by atoms with Crippen LogP contribution in [0.4, 0.5) is 0 Å². The highest BCUT2D eigenvalue weighted by Gasteiger charge is 2.24. The lowest BCUT2D eigenvalue weighted by atomic mass is 9.91. The molecule has 8 nitrogen and oxygen atoms in total. The Balaban J connectivity index is 2.12. The summed E-state index contributed by atoms with van der Waals surface area (Å²) in [5.41, 5.74) is 5.68. The zero-order valence-corrected chi connectivity index (χ0v) is 16.1. The van der Waals surface area contributed by atoms with Gasteiger partial charge in [0.1, 0.15) is 11.3 Å². The molecule has 0 saturated heterocycles. The van der Waals surface area contributed by atoms with Gasteiger partial charge < -0.3 is 15.6 Å². The standard InChI is InChI=1S/C20H26N4O4/c1-3-15(22-16-7-5-4-6-14(16)21)17-18(25)23-20(27)24(19(17)26)12-8-10-13(28-2)11-9-12/h8-11,14,16,26H,3-7,21H2,1-2H3,(H,23,25,27). The molecule has 2 unspecified atom stereocenters. The van der Waals surface area contributed by atoms with Crippen LogP contribution in [-0.4, -0.2) is 39.6 Å². The third-order valence-electron chi connectivity index (χ3n) is 5.14. The number of methoxy groups -OCH3 is 1. The van der Waals surface area contributed by atoms with E-state index in [1.807, 2.05) is 6.92 Å². The van der Waals surface area contributed by atoms with Crippen LogP contribution >= 0.6 is 0 Å². The number of ether oxygens (including phenoxy) is 1. The van der Waals surface area contributed by atoms with Crippen LogP contribution in [-0.2, 0) is 0 Å². The van der Waals surface area contributed by atoms with E-state index < -0.39 is 17.1 Å². The van der Waals surface area contributed by atoms with Crippen LogP contribution in [0.15, 0.2) is 38.8 Å². The first kappa shape index (κ1) is 19.9. The summed E-state index contributed by atoms with van der Waals surface area (Å²) in [5.74, 6) is 0.187. The molecule has 150 valence electrons. The summed E-state index contributed by atoms with van der Waals surface area (Å²) in [6.45, 7) is 1.86. The van der Waals surface area contributed by atoms with Crippen LogP contribution in [0.1, 0.15) is 44.6 Å². The maximum Gasteiger partial charge on any atom is 0.335 e. The van der Waals surface area contributed by atoms with Crippen molar-refractivity contribution in [3.8, 4) is 17.3 Å². The van der Waals surface area contributed by atoms with Crippen molar-refractivity contribution in [1.82, 2.24) is 9.55 Å². The normalized spacial score (nSPS) is 20.2. The topological polar surface area (TPSA) is 123 Å². The van der Waals surface area contributed by atoms with Crippen molar-refractivity contribution >= 4 is 5.71 Å². The van der Waals surface area contributed by atoms with Crippen molar-refractivity contribution in [3.05, 3.63) is 50.7 Å². The van der Waals surface area contributed by atoms with E-state index in [2.05, 4.69) is 4.98 Å². The highest BCUT2D eigenvalue weighted by Crippen LogP contribution is 2.24. The van der Waals surface area contributed by atoms with Crippen LogP contribution in [0.25, 0.3) is 5.69 Å².